The Morgan fingerprint density at radius 1 is 1.15 bits per heavy atom. The Morgan fingerprint density at radius 3 is 2.58 bits per heavy atom. The van der Waals surface area contributed by atoms with Gasteiger partial charge < -0.3 is 9.47 Å². The molecule has 0 radical (unpaired) electrons. The minimum atomic E-state index is -0.0286. The van der Waals surface area contributed by atoms with E-state index in [0.717, 1.165) is 29.0 Å². The lowest BCUT2D eigenvalue weighted by Crippen LogP contribution is -2.34. The molecule has 2 aliphatic heterocycles. The molecule has 4 heteroatoms. The highest BCUT2D eigenvalue weighted by Crippen LogP contribution is 2.44. The molecule has 0 N–H and O–H groups in total. The summed E-state index contributed by atoms with van der Waals surface area (Å²) in [6, 6.07) is 12.6. The second kappa shape index (κ2) is 6.29. The average molecular weight is 349 g/mol. The van der Waals surface area contributed by atoms with Crippen LogP contribution in [0.3, 0.4) is 0 Å². The zero-order chi connectivity index (χ0) is 18.4. The highest BCUT2D eigenvalue weighted by molar-refractivity contribution is 6.13. The van der Waals surface area contributed by atoms with Gasteiger partial charge in [-0.1, -0.05) is 30.3 Å². The molecule has 0 bridgehead atoms. The standard InChI is InChI=1S/C22H23NO3/c1-13(2)20-19(24)18-10-17-11-23(15(4)16-8-6-5-7-9-16)12-25-21(17)14(3)22(18)26-20/h5-10,15H,11-12H2,1-4H3. The summed E-state index contributed by atoms with van der Waals surface area (Å²) < 4.78 is 11.9. The van der Waals surface area contributed by atoms with Crippen molar-refractivity contribution in [1.29, 1.82) is 0 Å². The molecule has 2 aliphatic rings. The Morgan fingerprint density at radius 2 is 1.88 bits per heavy atom. The lowest BCUT2D eigenvalue weighted by Gasteiger charge is -2.34. The van der Waals surface area contributed by atoms with Crippen molar-refractivity contribution in [2.75, 3.05) is 6.73 Å². The van der Waals surface area contributed by atoms with Crippen LogP contribution in [-0.4, -0.2) is 17.4 Å². The first-order chi connectivity index (χ1) is 12.5. The number of hydrogen-bond acceptors (Lipinski definition) is 4. The second-order valence-electron chi connectivity index (χ2n) is 7.23. The van der Waals surface area contributed by atoms with Crippen LogP contribution in [0.2, 0.25) is 0 Å². The largest absolute Gasteiger partial charge is 0.477 e. The molecule has 0 aliphatic carbocycles. The number of benzene rings is 2. The maximum Gasteiger partial charge on any atom is 0.231 e. The molecular formula is C22H23NO3. The molecule has 0 saturated carbocycles. The zero-order valence-electron chi connectivity index (χ0n) is 15.6. The van der Waals surface area contributed by atoms with E-state index in [1.165, 1.54) is 5.56 Å². The molecule has 0 spiro atoms. The maximum absolute atomic E-state index is 12.7. The highest BCUT2D eigenvalue weighted by Gasteiger charge is 2.34. The van der Waals surface area contributed by atoms with Gasteiger partial charge in [0, 0.05) is 23.7 Å². The van der Waals surface area contributed by atoms with E-state index in [9.17, 15) is 4.79 Å². The van der Waals surface area contributed by atoms with Gasteiger partial charge in [0.2, 0.25) is 5.78 Å². The first kappa shape index (κ1) is 16.9. The van der Waals surface area contributed by atoms with Crippen molar-refractivity contribution in [2.24, 2.45) is 0 Å². The first-order valence-electron chi connectivity index (χ1n) is 8.95. The summed E-state index contributed by atoms with van der Waals surface area (Å²) in [6.45, 7) is 9.21. The Bertz CT molecular complexity index is 911. The van der Waals surface area contributed by atoms with Gasteiger partial charge in [-0.25, -0.2) is 0 Å². The van der Waals surface area contributed by atoms with Crippen LogP contribution in [-0.2, 0) is 6.54 Å². The lowest BCUT2D eigenvalue weighted by molar-refractivity contribution is 0.0609. The monoisotopic (exact) mass is 349 g/mol. The smallest absolute Gasteiger partial charge is 0.231 e. The molecule has 134 valence electrons. The van der Waals surface area contributed by atoms with Crippen LogP contribution in [0, 0.1) is 6.92 Å². The van der Waals surface area contributed by atoms with Gasteiger partial charge in [0.05, 0.1) is 5.56 Å². The Labute approximate surface area is 154 Å². The van der Waals surface area contributed by atoms with Crippen molar-refractivity contribution < 1.29 is 14.3 Å². The number of allylic oxidation sites excluding steroid dienone is 2. The van der Waals surface area contributed by atoms with Gasteiger partial charge in [0.15, 0.2) is 5.76 Å². The van der Waals surface area contributed by atoms with Gasteiger partial charge in [0.25, 0.3) is 0 Å². The summed E-state index contributed by atoms with van der Waals surface area (Å²) in [5, 5.41) is 0. The normalized spacial score (nSPS) is 17.2. The van der Waals surface area contributed by atoms with Gasteiger partial charge >= 0.3 is 0 Å². The number of carbonyl (C=O) groups excluding carboxylic acids is 1. The number of rotatable bonds is 2. The first-order valence-corrected chi connectivity index (χ1v) is 8.95. The Kier molecular flexibility index (Phi) is 4.08. The molecule has 2 aromatic rings. The predicted molar refractivity (Wildman–Crippen MR) is 100 cm³/mol. The van der Waals surface area contributed by atoms with E-state index in [0.29, 0.717) is 23.8 Å². The third kappa shape index (κ3) is 2.61. The lowest BCUT2D eigenvalue weighted by atomic mass is 9.98. The molecule has 2 heterocycles. The Balaban J connectivity index is 1.68. The van der Waals surface area contributed by atoms with Crippen LogP contribution in [0.5, 0.6) is 11.5 Å². The molecule has 1 unspecified atom stereocenters. The summed E-state index contributed by atoms with van der Waals surface area (Å²) >= 11 is 0. The van der Waals surface area contributed by atoms with Crippen LogP contribution in [0.25, 0.3) is 0 Å². The van der Waals surface area contributed by atoms with E-state index in [4.69, 9.17) is 9.47 Å². The molecule has 1 atom stereocenters. The zero-order valence-corrected chi connectivity index (χ0v) is 15.6. The SMILES string of the molecule is CC(C)=C1Oc2c(cc3c(c2C)OCN(C(C)c2ccccc2)C3)C1=O. The number of fused-ring (bicyclic) bond motifs is 2. The van der Waals surface area contributed by atoms with E-state index >= 15 is 0 Å². The van der Waals surface area contributed by atoms with Crippen molar-refractivity contribution in [3.63, 3.8) is 0 Å². The molecule has 0 aromatic heterocycles. The molecule has 4 nitrogen and oxygen atoms in total. The number of carbonyl (C=O) groups is 1. The van der Waals surface area contributed by atoms with Crippen molar-refractivity contribution in [1.82, 2.24) is 4.90 Å². The maximum atomic E-state index is 12.7. The van der Waals surface area contributed by atoms with Crippen molar-refractivity contribution >= 4 is 5.78 Å². The van der Waals surface area contributed by atoms with E-state index < -0.39 is 0 Å². The average Bonchev–Trinajstić information content (AvgIpc) is 2.99. The van der Waals surface area contributed by atoms with Crippen LogP contribution in [0.4, 0.5) is 0 Å². The van der Waals surface area contributed by atoms with Gasteiger partial charge in [0.1, 0.15) is 18.2 Å². The van der Waals surface area contributed by atoms with E-state index in [1.807, 2.05) is 32.9 Å². The molecule has 0 saturated heterocycles. The van der Waals surface area contributed by atoms with Crippen molar-refractivity contribution in [3.8, 4) is 11.5 Å². The van der Waals surface area contributed by atoms with Crippen molar-refractivity contribution in [2.45, 2.75) is 40.3 Å². The summed E-state index contributed by atoms with van der Waals surface area (Å²) in [7, 11) is 0. The number of Topliss-reactive ketones (excluding diaryl/α,β-unsaturated/α-hetero) is 1. The predicted octanol–water partition coefficient (Wildman–Crippen LogP) is 4.78. The number of hydrogen-bond donors (Lipinski definition) is 0. The molecule has 0 amide bonds. The third-order valence-corrected chi connectivity index (χ3v) is 5.22. The quantitative estimate of drug-likeness (QED) is 0.732. The van der Waals surface area contributed by atoms with Gasteiger partial charge in [-0.3, -0.25) is 9.69 Å². The minimum absolute atomic E-state index is 0.0286. The fraction of sp³-hybridized carbons (Fsp3) is 0.318. The second-order valence-corrected chi connectivity index (χ2v) is 7.23. The summed E-state index contributed by atoms with van der Waals surface area (Å²) in [5.41, 5.74) is 4.75. The van der Waals surface area contributed by atoms with Crippen LogP contribution < -0.4 is 9.47 Å². The summed E-state index contributed by atoms with van der Waals surface area (Å²) in [6.07, 6.45) is 0. The van der Waals surface area contributed by atoms with Gasteiger partial charge in [-0.2, -0.15) is 0 Å². The van der Waals surface area contributed by atoms with E-state index in [2.05, 4.69) is 36.1 Å². The van der Waals surface area contributed by atoms with E-state index in [-0.39, 0.29) is 11.8 Å². The topological polar surface area (TPSA) is 38.8 Å². The van der Waals surface area contributed by atoms with Crippen LogP contribution in [0.1, 0.15) is 53.9 Å². The minimum Gasteiger partial charge on any atom is -0.477 e. The third-order valence-electron chi connectivity index (χ3n) is 5.22. The molecule has 26 heavy (non-hydrogen) atoms. The van der Waals surface area contributed by atoms with Gasteiger partial charge in [-0.15, -0.1) is 0 Å². The van der Waals surface area contributed by atoms with Crippen LogP contribution in [0.15, 0.2) is 47.7 Å². The van der Waals surface area contributed by atoms with Crippen molar-refractivity contribution in [3.05, 3.63) is 70.0 Å². The fourth-order valence-electron chi connectivity index (χ4n) is 3.67. The summed E-state index contributed by atoms with van der Waals surface area (Å²) in [5.74, 6) is 1.91. The molecule has 2 aromatic carbocycles. The number of nitrogens with zero attached hydrogens (tertiary/aromatic N) is 1. The number of ketones is 1. The Hall–Kier alpha value is -2.59. The molecule has 0 fully saturated rings. The van der Waals surface area contributed by atoms with E-state index in [1.54, 1.807) is 0 Å². The molecule has 4 rings (SSSR count). The number of ether oxygens (including phenoxy) is 2. The highest BCUT2D eigenvalue weighted by atomic mass is 16.5. The molecular weight excluding hydrogens is 326 g/mol. The fourth-order valence-corrected chi connectivity index (χ4v) is 3.67. The summed E-state index contributed by atoms with van der Waals surface area (Å²) in [4.78, 5) is 14.9. The van der Waals surface area contributed by atoms with Crippen LogP contribution >= 0.6 is 0 Å². The van der Waals surface area contributed by atoms with Gasteiger partial charge in [-0.05, 0) is 44.9 Å².